The largest absolute Gasteiger partial charge is 0.479 e. The quantitative estimate of drug-likeness (QED) is 0.438. The number of carbonyl (C=O) groups is 2. The van der Waals surface area contributed by atoms with Gasteiger partial charge in [-0.15, -0.1) is 0 Å². The molecule has 2 rings (SSSR count). The van der Waals surface area contributed by atoms with Gasteiger partial charge in [0.2, 0.25) is 0 Å². The number of amides is 1. The number of benzene rings is 2. The maximum absolute atomic E-state index is 12.2. The molecule has 0 spiro atoms. The molecule has 1 N–H and O–H groups in total. The van der Waals surface area contributed by atoms with Crippen molar-refractivity contribution in [2.24, 2.45) is 0 Å². The lowest BCUT2D eigenvalue weighted by atomic mass is 10.2. The minimum atomic E-state index is -1.17. The zero-order chi connectivity index (χ0) is 20.0. The van der Waals surface area contributed by atoms with Gasteiger partial charge in [-0.25, -0.2) is 4.79 Å². The van der Waals surface area contributed by atoms with Crippen molar-refractivity contribution in [2.45, 2.75) is 26.1 Å². The summed E-state index contributed by atoms with van der Waals surface area (Å²) in [6.07, 6.45) is -2.14. The van der Waals surface area contributed by atoms with Crippen LogP contribution in [0.1, 0.15) is 13.8 Å². The molecule has 0 fully saturated rings. The molecule has 0 unspecified atom stereocenters. The number of hydrogen-bond donors (Lipinski definition) is 1. The first-order valence-electron chi connectivity index (χ1n) is 7.95. The molecule has 1 amide bonds. The van der Waals surface area contributed by atoms with Gasteiger partial charge in [0.25, 0.3) is 11.6 Å². The first kappa shape index (κ1) is 20.2. The van der Waals surface area contributed by atoms with Crippen molar-refractivity contribution in [1.82, 2.24) is 0 Å². The van der Waals surface area contributed by atoms with Gasteiger partial charge in [-0.3, -0.25) is 14.9 Å². The van der Waals surface area contributed by atoms with E-state index in [4.69, 9.17) is 21.1 Å². The van der Waals surface area contributed by atoms with Crippen molar-refractivity contribution in [3.63, 3.8) is 0 Å². The van der Waals surface area contributed by atoms with Crippen LogP contribution in [0.5, 0.6) is 5.75 Å². The number of nitrogens with one attached hydrogen (secondary N) is 1. The molecule has 27 heavy (non-hydrogen) atoms. The van der Waals surface area contributed by atoms with Crippen LogP contribution in [0.25, 0.3) is 0 Å². The summed E-state index contributed by atoms with van der Waals surface area (Å²) in [7, 11) is 0. The van der Waals surface area contributed by atoms with Crippen molar-refractivity contribution in [3.8, 4) is 5.75 Å². The first-order valence-corrected chi connectivity index (χ1v) is 8.32. The van der Waals surface area contributed by atoms with Gasteiger partial charge >= 0.3 is 5.97 Å². The van der Waals surface area contributed by atoms with Gasteiger partial charge in [0.15, 0.2) is 12.2 Å². The molecule has 2 aromatic carbocycles. The zero-order valence-corrected chi connectivity index (χ0v) is 15.3. The molecule has 0 saturated carbocycles. The number of para-hydroxylation sites is 2. The van der Waals surface area contributed by atoms with Crippen LogP contribution >= 0.6 is 11.6 Å². The van der Waals surface area contributed by atoms with Crippen LogP contribution < -0.4 is 10.1 Å². The highest BCUT2D eigenvalue weighted by atomic mass is 35.5. The average Bonchev–Trinajstić information content (AvgIpc) is 2.63. The number of carbonyl (C=O) groups excluding carboxylic acids is 2. The van der Waals surface area contributed by atoms with Gasteiger partial charge in [0.1, 0.15) is 11.4 Å². The third-order valence-electron chi connectivity index (χ3n) is 3.48. The number of hydrogen-bond acceptors (Lipinski definition) is 6. The fourth-order valence-electron chi connectivity index (χ4n) is 2.06. The molecule has 0 aliphatic rings. The standard InChI is InChI=1S/C18H17ClN2O6/c1-11(17(22)20-15-5-3-4-6-16(15)21(24)25)27-18(23)12(2)26-14-9-7-13(19)8-10-14/h3-12H,1-2H3,(H,20,22)/t11-,12-/m0/s1. The fourth-order valence-corrected chi connectivity index (χ4v) is 2.19. The molecule has 0 aliphatic heterocycles. The van der Waals surface area contributed by atoms with Gasteiger partial charge in [0, 0.05) is 11.1 Å². The lowest BCUT2D eigenvalue weighted by molar-refractivity contribution is -0.383. The highest BCUT2D eigenvalue weighted by Crippen LogP contribution is 2.23. The Morgan fingerprint density at radius 2 is 1.70 bits per heavy atom. The lowest BCUT2D eigenvalue weighted by Gasteiger charge is -2.17. The Morgan fingerprint density at radius 1 is 1.07 bits per heavy atom. The normalized spacial score (nSPS) is 12.6. The van der Waals surface area contributed by atoms with Crippen LogP contribution in [0.15, 0.2) is 48.5 Å². The molecular formula is C18H17ClN2O6. The van der Waals surface area contributed by atoms with E-state index in [2.05, 4.69) is 5.32 Å². The van der Waals surface area contributed by atoms with Crippen molar-refractivity contribution in [1.29, 1.82) is 0 Å². The van der Waals surface area contributed by atoms with Crippen LogP contribution in [0.4, 0.5) is 11.4 Å². The van der Waals surface area contributed by atoms with E-state index in [1.165, 1.54) is 32.0 Å². The SMILES string of the molecule is C[C@H](OC(=O)[C@H](C)Oc1ccc(Cl)cc1)C(=O)Nc1ccccc1[N+](=O)[O-]. The molecule has 0 aliphatic carbocycles. The van der Waals surface area contributed by atoms with E-state index in [-0.39, 0.29) is 11.4 Å². The Morgan fingerprint density at radius 3 is 2.33 bits per heavy atom. The summed E-state index contributed by atoms with van der Waals surface area (Å²) < 4.78 is 10.5. The summed E-state index contributed by atoms with van der Waals surface area (Å²) in [5.41, 5.74) is -0.246. The summed E-state index contributed by atoms with van der Waals surface area (Å²) in [4.78, 5) is 34.6. The molecule has 2 atom stereocenters. The Kier molecular flexibility index (Phi) is 6.73. The number of esters is 1. The predicted octanol–water partition coefficient (Wildman–Crippen LogP) is 3.59. The van der Waals surface area contributed by atoms with Gasteiger partial charge < -0.3 is 14.8 Å². The van der Waals surface area contributed by atoms with Crippen molar-refractivity contribution in [2.75, 3.05) is 5.32 Å². The van der Waals surface area contributed by atoms with Crippen LogP contribution in [0.3, 0.4) is 0 Å². The topological polar surface area (TPSA) is 108 Å². The van der Waals surface area contributed by atoms with Crippen LogP contribution in [-0.2, 0) is 14.3 Å². The Labute approximate surface area is 160 Å². The third-order valence-corrected chi connectivity index (χ3v) is 3.73. The minimum absolute atomic E-state index is 0.0147. The summed E-state index contributed by atoms with van der Waals surface area (Å²) in [6.45, 7) is 2.83. The lowest BCUT2D eigenvalue weighted by Crippen LogP contribution is -2.35. The average molecular weight is 393 g/mol. The summed E-state index contributed by atoms with van der Waals surface area (Å²) >= 11 is 5.78. The monoisotopic (exact) mass is 392 g/mol. The highest BCUT2D eigenvalue weighted by molar-refractivity contribution is 6.30. The van der Waals surface area contributed by atoms with Crippen LogP contribution in [-0.4, -0.2) is 29.0 Å². The number of rotatable bonds is 7. The zero-order valence-electron chi connectivity index (χ0n) is 14.5. The molecule has 0 radical (unpaired) electrons. The number of nitrogens with zero attached hydrogens (tertiary/aromatic N) is 1. The van der Waals surface area contributed by atoms with E-state index in [1.807, 2.05) is 0 Å². The van der Waals surface area contributed by atoms with Crippen LogP contribution in [0.2, 0.25) is 5.02 Å². The number of nitro groups is 1. The van der Waals surface area contributed by atoms with E-state index in [1.54, 1.807) is 30.3 Å². The summed E-state index contributed by atoms with van der Waals surface area (Å²) in [5.74, 6) is -1.03. The summed E-state index contributed by atoms with van der Waals surface area (Å²) in [5, 5.41) is 13.9. The molecule has 0 aromatic heterocycles. The third kappa shape index (κ3) is 5.68. The molecular weight excluding hydrogens is 376 g/mol. The molecule has 9 heteroatoms. The molecule has 0 heterocycles. The second-order valence-corrected chi connectivity index (χ2v) is 5.99. The maximum atomic E-state index is 12.2. The molecule has 0 saturated heterocycles. The van der Waals surface area contributed by atoms with Crippen molar-refractivity contribution < 1.29 is 24.0 Å². The number of ether oxygens (including phenoxy) is 2. The smallest absolute Gasteiger partial charge is 0.347 e. The van der Waals surface area contributed by atoms with E-state index in [9.17, 15) is 19.7 Å². The van der Waals surface area contributed by atoms with E-state index >= 15 is 0 Å². The van der Waals surface area contributed by atoms with Gasteiger partial charge in [-0.1, -0.05) is 23.7 Å². The highest BCUT2D eigenvalue weighted by Gasteiger charge is 2.25. The van der Waals surface area contributed by atoms with E-state index in [0.717, 1.165) is 0 Å². The molecule has 0 bridgehead atoms. The minimum Gasteiger partial charge on any atom is -0.479 e. The van der Waals surface area contributed by atoms with Gasteiger partial charge in [0.05, 0.1) is 4.92 Å². The predicted molar refractivity (Wildman–Crippen MR) is 98.8 cm³/mol. The number of halogens is 1. The Bertz CT molecular complexity index is 840. The molecule has 8 nitrogen and oxygen atoms in total. The number of anilines is 1. The van der Waals surface area contributed by atoms with Crippen molar-refractivity contribution in [3.05, 3.63) is 63.7 Å². The summed E-state index contributed by atoms with van der Waals surface area (Å²) in [6, 6.07) is 12.1. The second kappa shape index (κ2) is 9.00. The van der Waals surface area contributed by atoms with Gasteiger partial charge in [-0.05, 0) is 44.2 Å². The first-order chi connectivity index (χ1) is 12.8. The Hall–Kier alpha value is -3.13. The van der Waals surface area contributed by atoms with Gasteiger partial charge in [-0.2, -0.15) is 0 Å². The Balaban J connectivity index is 1.94. The maximum Gasteiger partial charge on any atom is 0.347 e. The van der Waals surface area contributed by atoms with E-state index in [0.29, 0.717) is 10.8 Å². The van der Waals surface area contributed by atoms with E-state index < -0.39 is 29.0 Å². The fraction of sp³-hybridized carbons (Fsp3) is 0.222. The second-order valence-electron chi connectivity index (χ2n) is 5.56. The molecule has 142 valence electrons. The van der Waals surface area contributed by atoms with Crippen molar-refractivity contribution >= 4 is 34.9 Å². The molecule has 2 aromatic rings. The van der Waals surface area contributed by atoms with Crippen LogP contribution in [0, 0.1) is 10.1 Å². The number of nitro benzene ring substituents is 1.